The molecule has 0 bridgehead atoms. The van der Waals surface area contributed by atoms with Gasteiger partial charge in [0.25, 0.3) is 0 Å². The number of hydrogen-bond acceptors (Lipinski definition) is 5. The first kappa shape index (κ1) is 14.8. The largest absolute Gasteiger partial charge is 0.373 e. The van der Waals surface area contributed by atoms with Crippen LogP contribution in [0.15, 0.2) is 24.5 Å². The summed E-state index contributed by atoms with van der Waals surface area (Å²) in [5.41, 5.74) is 3.60. The summed E-state index contributed by atoms with van der Waals surface area (Å²) in [4.78, 5) is 8.62. The average molecular weight is 281 g/mol. The van der Waals surface area contributed by atoms with Crippen LogP contribution >= 0.6 is 0 Å². The lowest BCUT2D eigenvalue weighted by molar-refractivity contribution is 0.852. The molecule has 0 atom stereocenters. The molecular formula is C16H19N5. The monoisotopic (exact) mass is 281 g/mol. The van der Waals surface area contributed by atoms with E-state index in [-0.39, 0.29) is 5.92 Å². The highest BCUT2D eigenvalue weighted by atomic mass is 15.1. The van der Waals surface area contributed by atoms with Crippen LogP contribution in [0.2, 0.25) is 0 Å². The van der Waals surface area contributed by atoms with Crippen LogP contribution < -0.4 is 10.6 Å². The molecule has 0 unspecified atom stereocenters. The van der Waals surface area contributed by atoms with E-state index in [2.05, 4.69) is 40.5 Å². The molecule has 0 aliphatic rings. The van der Waals surface area contributed by atoms with Gasteiger partial charge in [0.1, 0.15) is 18.0 Å². The van der Waals surface area contributed by atoms with Gasteiger partial charge in [-0.1, -0.05) is 19.9 Å². The van der Waals surface area contributed by atoms with Gasteiger partial charge in [-0.05, 0) is 30.5 Å². The number of anilines is 3. The van der Waals surface area contributed by atoms with E-state index in [1.807, 2.05) is 32.2 Å². The van der Waals surface area contributed by atoms with Crippen molar-refractivity contribution >= 4 is 17.3 Å². The van der Waals surface area contributed by atoms with Crippen molar-refractivity contribution in [1.82, 2.24) is 9.97 Å². The molecule has 0 amide bonds. The molecule has 0 aliphatic heterocycles. The van der Waals surface area contributed by atoms with Crippen molar-refractivity contribution in [3.8, 4) is 6.07 Å². The van der Waals surface area contributed by atoms with Crippen molar-refractivity contribution < 1.29 is 0 Å². The Labute approximate surface area is 125 Å². The van der Waals surface area contributed by atoms with Gasteiger partial charge in [0.2, 0.25) is 0 Å². The van der Waals surface area contributed by atoms with E-state index in [0.29, 0.717) is 5.56 Å². The van der Waals surface area contributed by atoms with E-state index < -0.39 is 0 Å². The molecule has 2 rings (SSSR count). The second kappa shape index (κ2) is 6.23. The van der Waals surface area contributed by atoms with Crippen LogP contribution in [0.4, 0.5) is 17.3 Å². The van der Waals surface area contributed by atoms with Crippen LogP contribution in [0.3, 0.4) is 0 Å². The van der Waals surface area contributed by atoms with E-state index in [4.69, 9.17) is 5.26 Å². The molecule has 0 aliphatic carbocycles. The van der Waals surface area contributed by atoms with Crippen LogP contribution in [0.5, 0.6) is 0 Å². The van der Waals surface area contributed by atoms with Crippen molar-refractivity contribution in [2.45, 2.75) is 26.7 Å². The van der Waals surface area contributed by atoms with Gasteiger partial charge in [0.15, 0.2) is 0 Å². The minimum Gasteiger partial charge on any atom is -0.373 e. The molecule has 0 saturated carbocycles. The number of nitrogens with zero attached hydrogens (tertiary/aromatic N) is 3. The molecule has 0 radical (unpaired) electrons. The molecule has 1 aromatic carbocycles. The van der Waals surface area contributed by atoms with E-state index in [0.717, 1.165) is 28.5 Å². The normalized spacial score (nSPS) is 10.3. The van der Waals surface area contributed by atoms with Gasteiger partial charge < -0.3 is 10.6 Å². The second-order valence-corrected chi connectivity index (χ2v) is 5.16. The number of rotatable bonds is 4. The number of hydrogen-bond donors (Lipinski definition) is 2. The molecule has 5 nitrogen and oxygen atoms in total. The van der Waals surface area contributed by atoms with Crippen LogP contribution in [0.25, 0.3) is 0 Å². The number of benzene rings is 1. The Balaban J connectivity index is 2.47. The van der Waals surface area contributed by atoms with Crippen molar-refractivity contribution in [3.63, 3.8) is 0 Å². The number of aryl methyl sites for hydroxylation is 1. The maximum absolute atomic E-state index is 9.03. The molecule has 5 heteroatoms. The van der Waals surface area contributed by atoms with Crippen LogP contribution in [0, 0.1) is 18.3 Å². The van der Waals surface area contributed by atoms with Crippen molar-refractivity contribution in [2.24, 2.45) is 0 Å². The summed E-state index contributed by atoms with van der Waals surface area (Å²) >= 11 is 0. The van der Waals surface area contributed by atoms with Crippen molar-refractivity contribution in [1.29, 1.82) is 5.26 Å². The fraction of sp³-hybridized carbons (Fsp3) is 0.312. The van der Waals surface area contributed by atoms with Gasteiger partial charge >= 0.3 is 0 Å². The zero-order chi connectivity index (χ0) is 15.4. The Hall–Kier alpha value is -2.61. The first-order valence-corrected chi connectivity index (χ1v) is 6.87. The zero-order valence-corrected chi connectivity index (χ0v) is 12.7. The summed E-state index contributed by atoms with van der Waals surface area (Å²) in [5.74, 6) is 1.86. The number of aromatic nitrogens is 2. The van der Waals surface area contributed by atoms with Crippen LogP contribution in [-0.4, -0.2) is 17.0 Å². The maximum atomic E-state index is 9.03. The highest BCUT2D eigenvalue weighted by molar-refractivity contribution is 5.68. The lowest BCUT2D eigenvalue weighted by Crippen LogP contribution is -2.07. The molecule has 1 heterocycles. The Morgan fingerprint density at radius 3 is 2.52 bits per heavy atom. The SMILES string of the molecule is CNc1ncnc(Nc2cc(C#N)ccc2C)c1C(C)C. The summed E-state index contributed by atoms with van der Waals surface area (Å²) in [6.45, 7) is 6.20. The summed E-state index contributed by atoms with van der Waals surface area (Å²) in [7, 11) is 1.85. The molecule has 108 valence electrons. The fourth-order valence-corrected chi connectivity index (χ4v) is 2.20. The maximum Gasteiger partial charge on any atom is 0.139 e. The lowest BCUT2D eigenvalue weighted by Gasteiger charge is -2.17. The summed E-state index contributed by atoms with van der Waals surface area (Å²) < 4.78 is 0. The molecular weight excluding hydrogens is 262 g/mol. The molecule has 1 aromatic heterocycles. The second-order valence-electron chi connectivity index (χ2n) is 5.16. The van der Waals surface area contributed by atoms with Crippen LogP contribution in [0.1, 0.15) is 36.5 Å². The van der Waals surface area contributed by atoms with E-state index >= 15 is 0 Å². The quantitative estimate of drug-likeness (QED) is 0.896. The Kier molecular flexibility index (Phi) is 4.39. The van der Waals surface area contributed by atoms with E-state index in [1.165, 1.54) is 6.33 Å². The Bertz CT molecular complexity index is 686. The molecule has 0 spiro atoms. The highest BCUT2D eigenvalue weighted by Gasteiger charge is 2.15. The third kappa shape index (κ3) is 3.11. The highest BCUT2D eigenvalue weighted by Crippen LogP contribution is 2.31. The topological polar surface area (TPSA) is 73.6 Å². The Morgan fingerprint density at radius 2 is 1.90 bits per heavy atom. The molecule has 2 N–H and O–H groups in total. The summed E-state index contributed by atoms with van der Waals surface area (Å²) in [6.07, 6.45) is 1.53. The average Bonchev–Trinajstić information content (AvgIpc) is 2.48. The van der Waals surface area contributed by atoms with Crippen molar-refractivity contribution in [2.75, 3.05) is 17.7 Å². The van der Waals surface area contributed by atoms with Gasteiger partial charge in [-0.2, -0.15) is 5.26 Å². The van der Waals surface area contributed by atoms with E-state index in [1.54, 1.807) is 0 Å². The Morgan fingerprint density at radius 1 is 1.19 bits per heavy atom. The van der Waals surface area contributed by atoms with Gasteiger partial charge in [-0.15, -0.1) is 0 Å². The zero-order valence-electron chi connectivity index (χ0n) is 12.7. The van der Waals surface area contributed by atoms with Crippen molar-refractivity contribution in [3.05, 3.63) is 41.2 Å². The minimum atomic E-state index is 0.274. The molecule has 21 heavy (non-hydrogen) atoms. The van der Waals surface area contributed by atoms with Gasteiger partial charge in [0, 0.05) is 18.3 Å². The molecule has 0 saturated heterocycles. The third-order valence-electron chi connectivity index (χ3n) is 3.32. The first-order chi connectivity index (χ1) is 10.1. The predicted molar refractivity (Wildman–Crippen MR) is 84.8 cm³/mol. The van der Waals surface area contributed by atoms with Gasteiger partial charge in [-0.25, -0.2) is 9.97 Å². The molecule has 0 fully saturated rings. The summed E-state index contributed by atoms with van der Waals surface area (Å²) in [6, 6.07) is 7.72. The van der Waals surface area contributed by atoms with Crippen LogP contribution in [-0.2, 0) is 0 Å². The third-order valence-corrected chi connectivity index (χ3v) is 3.32. The van der Waals surface area contributed by atoms with Gasteiger partial charge in [0.05, 0.1) is 11.6 Å². The predicted octanol–water partition coefficient (Wildman–Crippen LogP) is 3.57. The first-order valence-electron chi connectivity index (χ1n) is 6.87. The minimum absolute atomic E-state index is 0.274. The fourth-order valence-electron chi connectivity index (χ4n) is 2.20. The van der Waals surface area contributed by atoms with Gasteiger partial charge in [-0.3, -0.25) is 0 Å². The summed E-state index contributed by atoms with van der Waals surface area (Å²) in [5, 5.41) is 15.5. The lowest BCUT2D eigenvalue weighted by atomic mass is 10.0. The smallest absolute Gasteiger partial charge is 0.139 e. The number of nitriles is 1. The standard InChI is InChI=1S/C16H19N5/c1-10(2)14-15(18-4)19-9-20-16(14)21-13-7-12(8-17)6-5-11(13)3/h5-7,9-10H,1-4H3,(H2,18,19,20,21). The molecule has 2 aromatic rings. The van der Waals surface area contributed by atoms with E-state index in [9.17, 15) is 0 Å². The number of nitrogens with one attached hydrogen (secondary N) is 2.